The van der Waals surface area contributed by atoms with E-state index in [-0.39, 0.29) is 0 Å². The molecule has 1 N–H and O–H groups in total. The average molecular weight is 1220 g/mol. The van der Waals surface area contributed by atoms with Gasteiger partial charge in [0, 0.05) is 74.1 Å². The molecule has 0 radical (unpaired) electrons. The highest BCUT2D eigenvalue weighted by molar-refractivity contribution is 6.76. The minimum Gasteiger partial charge on any atom is -0.463 e. The summed E-state index contributed by atoms with van der Waals surface area (Å²) in [5, 5.41) is 12.3. The van der Waals surface area contributed by atoms with E-state index in [1.807, 2.05) is 0 Å². The molecule has 454 valence electrons. The van der Waals surface area contributed by atoms with E-state index in [0.717, 1.165) is 69.2 Å². The van der Waals surface area contributed by atoms with Crippen LogP contribution in [0.1, 0.15) is 83.1 Å². The number of carbonyl (C=O) groups excluding carboxylic acids is 10. The maximum atomic E-state index is 13.2. The van der Waals surface area contributed by atoms with Crippen molar-refractivity contribution in [2.45, 2.75) is 210 Å². The van der Waals surface area contributed by atoms with Crippen molar-refractivity contribution < 1.29 is 133 Å². The van der Waals surface area contributed by atoms with Gasteiger partial charge in [-0.2, -0.15) is 0 Å². The Morgan fingerprint density at radius 2 is 0.728 bits per heavy atom. The third kappa shape index (κ3) is 19.3. The highest BCUT2D eigenvalue weighted by Crippen LogP contribution is 2.41. The summed E-state index contributed by atoms with van der Waals surface area (Å²) >= 11 is 18.0. The highest BCUT2D eigenvalue weighted by Gasteiger charge is 2.61. The van der Waals surface area contributed by atoms with Gasteiger partial charge >= 0.3 is 59.7 Å². The Morgan fingerprint density at radius 1 is 0.420 bits per heavy atom. The molecule has 0 saturated carbocycles. The fourth-order valence-electron chi connectivity index (χ4n) is 8.76. The molecule has 0 aromatic heterocycles. The SMILES string of the molecule is CC(=O)OCC1OC(OC(=N)C(Cl)(Cl)Cl)C(N=[N+]=[N-])[C@@H](O[C@@H]2OC(C)[C@@H](OC(C)=O)C(OC(C)=O)[C@@H]2OC(C)=O)[C@@H]1O[C@@H]1OC(COC(C)=O)[C@H](OC(C)=O)[C@H](OC(C)=O)C1OC1OC(C)[C@@H](OC(C)=O)C(OC(C)=O)[C@@H]1OC(C)=O. The number of nitrogens with one attached hydrogen (secondary N) is 1. The molecule has 4 saturated heterocycles. The van der Waals surface area contributed by atoms with Gasteiger partial charge in [-0.15, -0.1) is 0 Å². The van der Waals surface area contributed by atoms with Crippen LogP contribution in [0, 0.1) is 5.41 Å². The molecule has 0 aromatic rings. The van der Waals surface area contributed by atoms with Crippen molar-refractivity contribution in [3.05, 3.63) is 10.4 Å². The first-order chi connectivity index (χ1) is 37.7. The summed E-state index contributed by atoms with van der Waals surface area (Å²) in [7, 11) is 0. The summed E-state index contributed by atoms with van der Waals surface area (Å²) in [6.07, 6.45) is -35.3. The molecule has 0 amide bonds. The number of hydrogen-bond donors (Lipinski definition) is 1. The molecular formula is C46H61Cl3N4O28. The van der Waals surface area contributed by atoms with E-state index >= 15 is 0 Å². The number of hydrogen-bond acceptors (Lipinski definition) is 30. The Bertz CT molecular complexity index is 2390. The first-order valence-electron chi connectivity index (χ1n) is 24.3. The van der Waals surface area contributed by atoms with Gasteiger partial charge in [-0.3, -0.25) is 53.4 Å². The monoisotopic (exact) mass is 1220 g/mol. The molecule has 0 aliphatic carbocycles. The van der Waals surface area contributed by atoms with Crippen LogP contribution in [-0.2, 0) is 133 Å². The van der Waals surface area contributed by atoms with Crippen LogP contribution in [0.15, 0.2) is 5.11 Å². The summed E-state index contributed by atoms with van der Waals surface area (Å²) in [4.78, 5) is 130. The van der Waals surface area contributed by atoms with Crippen molar-refractivity contribution in [2.75, 3.05) is 13.2 Å². The van der Waals surface area contributed by atoms with Gasteiger partial charge in [-0.05, 0) is 19.4 Å². The largest absolute Gasteiger partial charge is 0.463 e. The summed E-state index contributed by atoms with van der Waals surface area (Å²) in [6, 6.07) is -2.06. The van der Waals surface area contributed by atoms with E-state index in [2.05, 4.69) is 10.0 Å². The van der Waals surface area contributed by atoms with Gasteiger partial charge in [0.05, 0.1) is 12.2 Å². The number of ether oxygens (including phenoxy) is 18. The van der Waals surface area contributed by atoms with Crippen molar-refractivity contribution >= 4 is 100 Å². The molecule has 4 aliphatic rings. The number of nitrogens with zero attached hydrogens (tertiary/aromatic N) is 3. The molecule has 20 atom stereocenters. The summed E-state index contributed by atoms with van der Waals surface area (Å²) < 4.78 is 103. The van der Waals surface area contributed by atoms with Gasteiger partial charge in [-0.1, -0.05) is 39.9 Å². The lowest BCUT2D eigenvalue weighted by Gasteiger charge is -2.51. The molecule has 4 rings (SSSR count). The normalized spacial score (nSPS) is 33.7. The van der Waals surface area contributed by atoms with Crippen LogP contribution in [0.3, 0.4) is 0 Å². The smallest absolute Gasteiger partial charge is 0.303 e. The van der Waals surface area contributed by atoms with Crippen LogP contribution in [0.5, 0.6) is 0 Å². The number of halogens is 3. The summed E-state index contributed by atoms with van der Waals surface area (Å²) in [6.45, 7) is 10.7. The van der Waals surface area contributed by atoms with Crippen molar-refractivity contribution in [3.8, 4) is 0 Å². The topological polar surface area (TPSA) is 409 Å². The zero-order valence-corrected chi connectivity index (χ0v) is 47.6. The third-order valence-electron chi connectivity index (χ3n) is 11.5. The molecule has 4 fully saturated rings. The van der Waals surface area contributed by atoms with E-state index in [9.17, 15) is 53.5 Å². The van der Waals surface area contributed by atoms with E-state index < -0.39 is 205 Å². The van der Waals surface area contributed by atoms with Crippen LogP contribution < -0.4 is 0 Å². The molecule has 0 bridgehead atoms. The average Bonchev–Trinajstić information content (AvgIpc) is 3.37. The van der Waals surface area contributed by atoms with Gasteiger partial charge < -0.3 is 85.3 Å². The fourth-order valence-corrected chi connectivity index (χ4v) is 8.89. The first kappa shape index (κ1) is 67.6. The maximum Gasteiger partial charge on any atom is 0.303 e. The Kier molecular flexibility index (Phi) is 24.9. The standard InChI is InChI=1S/C46H61Cl3N4O28/c1-15-30(68-19(5)56)35(71-22(8)59)38(74-25(11)62)42(66-15)79-34-29(52-53-51)41(81-45(50)46(47,48)49)76-27(13-64-17(3)54)32(34)78-44-40(37(73-24(10)61)33(70-21(7)58)28(77-44)14-65-18(4)55)80-43-39(75-26(12)63)36(72-23(9)60)31(16(2)67-43)69-20(6)57/h15-16,27-44,50H,13-14H2,1-12H3/t15?,16?,27?,28?,29?,30-,31-,32-,33+,34-,35?,36?,37+,38+,39+,40?,41?,42+,43?,44+/m1/s1. The van der Waals surface area contributed by atoms with Gasteiger partial charge in [-0.25, -0.2) is 0 Å². The lowest BCUT2D eigenvalue weighted by molar-refractivity contribution is -0.390. The zero-order valence-electron chi connectivity index (χ0n) is 45.4. The van der Waals surface area contributed by atoms with Crippen molar-refractivity contribution in [1.82, 2.24) is 0 Å². The Labute approximate surface area is 476 Å². The quantitative estimate of drug-likeness (QED) is 0.0265. The number of esters is 10. The Balaban J connectivity index is 2.11. The fraction of sp³-hybridized carbons (Fsp3) is 0.761. The second-order valence-electron chi connectivity index (χ2n) is 18.1. The molecular weight excluding hydrogens is 1160 g/mol. The molecule has 0 aromatic carbocycles. The van der Waals surface area contributed by atoms with Crippen molar-refractivity contribution in [2.24, 2.45) is 5.11 Å². The lowest BCUT2D eigenvalue weighted by atomic mass is 9.94. The van der Waals surface area contributed by atoms with E-state index in [1.165, 1.54) is 13.8 Å². The van der Waals surface area contributed by atoms with Crippen LogP contribution in [-0.4, -0.2) is 205 Å². The summed E-state index contributed by atoms with van der Waals surface area (Å²) in [5.41, 5.74) is 10.2. The molecule has 32 nitrogen and oxygen atoms in total. The van der Waals surface area contributed by atoms with E-state index in [1.54, 1.807) is 0 Å². The highest BCUT2D eigenvalue weighted by atomic mass is 35.6. The van der Waals surface area contributed by atoms with Crippen LogP contribution in [0.2, 0.25) is 0 Å². The van der Waals surface area contributed by atoms with Gasteiger partial charge in [0.15, 0.2) is 73.8 Å². The number of rotatable bonds is 20. The van der Waals surface area contributed by atoms with Crippen LogP contribution in [0.4, 0.5) is 0 Å². The maximum absolute atomic E-state index is 13.2. The molecule has 35 heteroatoms. The van der Waals surface area contributed by atoms with Gasteiger partial charge in [0.25, 0.3) is 3.79 Å². The number of azide groups is 1. The van der Waals surface area contributed by atoms with E-state index in [0.29, 0.717) is 0 Å². The lowest BCUT2D eigenvalue weighted by Crippen LogP contribution is -2.69. The molecule has 4 heterocycles. The third-order valence-corrected chi connectivity index (χ3v) is 12.0. The minimum absolute atomic E-state index is 0.823. The molecule has 4 aliphatic heterocycles. The van der Waals surface area contributed by atoms with E-state index in [4.69, 9.17) is 125 Å². The predicted molar refractivity (Wildman–Crippen MR) is 260 cm³/mol. The van der Waals surface area contributed by atoms with Crippen molar-refractivity contribution in [3.63, 3.8) is 0 Å². The number of alkyl halides is 3. The summed E-state index contributed by atoms with van der Waals surface area (Å²) in [5.74, 6) is -11.1. The Morgan fingerprint density at radius 3 is 1.10 bits per heavy atom. The predicted octanol–water partition coefficient (Wildman–Crippen LogP) is 1.70. The molecule has 81 heavy (non-hydrogen) atoms. The minimum atomic E-state index is -2.65. The van der Waals surface area contributed by atoms with Crippen LogP contribution in [0.25, 0.3) is 10.4 Å². The first-order valence-corrected chi connectivity index (χ1v) is 25.4. The number of carbonyl (C=O) groups is 10. The van der Waals surface area contributed by atoms with Crippen LogP contribution >= 0.6 is 34.8 Å². The van der Waals surface area contributed by atoms with Gasteiger partial charge in [0.2, 0.25) is 12.2 Å². The Hall–Kier alpha value is -5.93. The molecule has 10 unspecified atom stereocenters. The second-order valence-corrected chi connectivity index (χ2v) is 20.4. The zero-order chi connectivity index (χ0) is 61.0. The van der Waals surface area contributed by atoms with Gasteiger partial charge in [0.1, 0.15) is 43.7 Å². The van der Waals surface area contributed by atoms with Crippen molar-refractivity contribution in [1.29, 1.82) is 5.41 Å². The molecule has 0 spiro atoms. The second kappa shape index (κ2) is 29.9.